The molecule has 6 nitrogen and oxygen atoms in total. The van der Waals surface area contributed by atoms with E-state index in [9.17, 15) is 9.59 Å². The molecule has 0 spiro atoms. The number of carbonyl (C=O) groups is 2. The minimum atomic E-state index is -0.423. The first kappa shape index (κ1) is 18.8. The van der Waals surface area contributed by atoms with E-state index in [-0.39, 0.29) is 18.6 Å². The van der Waals surface area contributed by atoms with Crippen LogP contribution in [0.3, 0.4) is 0 Å². The zero-order valence-corrected chi connectivity index (χ0v) is 15.4. The Kier molecular flexibility index (Phi) is 6.30. The lowest BCUT2D eigenvalue weighted by Gasteiger charge is -2.32. The standard InChI is InChI=1S/C21H24N2O4/c1-26-19-10-6-5-9-18(19)20(24)23-13-11-17(12-14-23)22-21(25)27-15-16-7-3-2-4-8-16/h2-10,17H,11-15H2,1H3,(H,22,25). The molecular formula is C21H24N2O4. The van der Waals surface area contributed by atoms with Crippen LogP contribution in [0.25, 0.3) is 0 Å². The number of rotatable bonds is 5. The van der Waals surface area contributed by atoms with E-state index in [1.165, 1.54) is 0 Å². The Morgan fingerprint density at radius 2 is 1.70 bits per heavy atom. The summed E-state index contributed by atoms with van der Waals surface area (Å²) in [5.74, 6) is 0.532. The van der Waals surface area contributed by atoms with Gasteiger partial charge in [-0.1, -0.05) is 42.5 Å². The number of nitrogens with zero attached hydrogens (tertiary/aromatic N) is 1. The average Bonchev–Trinajstić information content (AvgIpc) is 2.73. The number of likely N-dealkylation sites (tertiary alicyclic amines) is 1. The Bertz CT molecular complexity index is 771. The largest absolute Gasteiger partial charge is 0.496 e. The summed E-state index contributed by atoms with van der Waals surface area (Å²) < 4.78 is 10.5. The molecule has 1 aliphatic heterocycles. The Morgan fingerprint density at radius 1 is 1.04 bits per heavy atom. The van der Waals surface area contributed by atoms with Crippen LogP contribution >= 0.6 is 0 Å². The third kappa shape index (κ3) is 5.00. The summed E-state index contributed by atoms with van der Waals surface area (Å²) in [6, 6.07) is 16.8. The van der Waals surface area contributed by atoms with Gasteiger partial charge in [-0.25, -0.2) is 4.79 Å². The molecule has 27 heavy (non-hydrogen) atoms. The Labute approximate surface area is 159 Å². The van der Waals surface area contributed by atoms with Crippen molar-refractivity contribution in [2.24, 2.45) is 0 Å². The van der Waals surface area contributed by atoms with Gasteiger partial charge in [0, 0.05) is 19.1 Å². The van der Waals surface area contributed by atoms with Crippen LogP contribution in [-0.2, 0) is 11.3 Å². The van der Waals surface area contributed by atoms with Gasteiger partial charge in [0.15, 0.2) is 0 Å². The molecule has 0 atom stereocenters. The Morgan fingerprint density at radius 3 is 2.41 bits per heavy atom. The molecule has 1 saturated heterocycles. The monoisotopic (exact) mass is 368 g/mol. The van der Waals surface area contributed by atoms with Gasteiger partial charge in [-0.05, 0) is 30.5 Å². The molecule has 0 saturated carbocycles. The second-order valence-corrected chi connectivity index (χ2v) is 6.47. The van der Waals surface area contributed by atoms with Crippen LogP contribution in [0.5, 0.6) is 5.75 Å². The second-order valence-electron chi connectivity index (χ2n) is 6.47. The normalized spacial score (nSPS) is 14.5. The summed E-state index contributed by atoms with van der Waals surface area (Å²) in [6.07, 6.45) is 0.969. The zero-order valence-electron chi connectivity index (χ0n) is 15.4. The molecule has 2 amide bonds. The third-order valence-electron chi connectivity index (χ3n) is 4.65. The minimum Gasteiger partial charge on any atom is -0.496 e. The molecule has 1 fully saturated rings. The number of hydrogen-bond acceptors (Lipinski definition) is 4. The number of ether oxygens (including phenoxy) is 2. The maximum absolute atomic E-state index is 12.7. The predicted octanol–water partition coefficient (Wildman–Crippen LogP) is 3.23. The van der Waals surface area contributed by atoms with Gasteiger partial charge in [-0.15, -0.1) is 0 Å². The molecule has 0 bridgehead atoms. The lowest BCUT2D eigenvalue weighted by molar-refractivity contribution is 0.0697. The second kappa shape index (κ2) is 9.07. The number of carbonyl (C=O) groups excluding carboxylic acids is 2. The fourth-order valence-corrected chi connectivity index (χ4v) is 3.15. The van der Waals surface area contributed by atoms with Crippen LogP contribution in [0.2, 0.25) is 0 Å². The molecule has 1 N–H and O–H groups in total. The van der Waals surface area contributed by atoms with E-state index in [0.29, 0.717) is 37.2 Å². The van der Waals surface area contributed by atoms with E-state index in [1.54, 1.807) is 24.1 Å². The van der Waals surface area contributed by atoms with Crippen LogP contribution in [0.1, 0.15) is 28.8 Å². The Balaban J connectivity index is 1.46. The molecule has 2 aromatic rings. The number of methoxy groups -OCH3 is 1. The van der Waals surface area contributed by atoms with Crippen molar-refractivity contribution >= 4 is 12.0 Å². The first-order chi connectivity index (χ1) is 13.2. The lowest BCUT2D eigenvalue weighted by Crippen LogP contribution is -2.46. The highest BCUT2D eigenvalue weighted by atomic mass is 16.5. The summed E-state index contributed by atoms with van der Waals surface area (Å²) in [4.78, 5) is 26.5. The van der Waals surface area contributed by atoms with Crippen molar-refractivity contribution in [3.63, 3.8) is 0 Å². The topological polar surface area (TPSA) is 67.9 Å². The van der Waals surface area contributed by atoms with Crippen molar-refractivity contribution in [1.29, 1.82) is 0 Å². The SMILES string of the molecule is COc1ccccc1C(=O)N1CCC(NC(=O)OCc2ccccc2)CC1. The molecule has 2 aromatic carbocycles. The van der Waals surface area contributed by atoms with E-state index < -0.39 is 6.09 Å². The number of alkyl carbamates (subject to hydrolysis) is 1. The van der Waals surface area contributed by atoms with Crippen LogP contribution in [0.4, 0.5) is 4.79 Å². The predicted molar refractivity (Wildman–Crippen MR) is 102 cm³/mol. The van der Waals surface area contributed by atoms with Gasteiger partial charge < -0.3 is 19.7 Å². The molecular weight excluding hydrogens is 344 g/mol. The van der Waals surface area contributed by atoms with Gasteiger partial charge >= 0.3 is 6.09 Å². The summed E-state index contributed by atoms with van der Waals surface area (Å²) in [5, 5.41) is 2.89. The lowest BCUT2D eigenvalue weighted by atomic mass is 10.0. The molecule has 142 valence electrons. The average molecular weight is 368 g/mol. The van der Waals surface area contributed by atoms with Crippen molar-refractivity contribution in [2.75, 3.05) is 20.2 Å². The highest BCUT2D eigenvalue weighted by Crippen LogP contribution is 2.21. The zero-order chi connectivity index (χ0) is 19.1. The van der Waals surface area contributed by atoms with Crippen molar-refractivity contribution in [3.05, 3.63) is 65.7 Å². The number of piperidine rings is 1. The van der Waals surface area contributed by atoms with Gasteiger partial charge in [0.25, 0.3) is 5.91 Å². The molecule has 0 aromatic heterocycles. The van der Waals surface area contributed by atoms with Gasteiger partial charge in [0.2, 0.25) is 0 Å². The smallest absolute Gasteiger partial charge is 0.407 e. The van der Waals surface area contributed by atoms with E-state index in [0.717, 1.165) is 5.56 Å². The molecule has 0 unspecified atom stereocenters. The number of para-hydroxylation sites is 1. The van der Waals surface area contributed by atoms with E-state index in [2.05, 4.69) is 5.32 Å². The summed E-state index contributed by atoms with van der Waals surface area (Å²) in [5.41, 5.74) is 1.51. The summed E-state index contributed by atoms with van der Waals surface area (Å²) in [7, 11) is 1.56. The van der Waals surface area contributed by atoms with Gasteiger partial charge in [-0.3, -0.25) is 4.79 Å². The van der Waals surface area contributed by atoms with Crippen molar-refractivity contribution in [3.8, 4) is 5.75 Å². The number of hydrogen-bond donors (Lipinski definition) is 1. The summed E-state index contributed by atoms with van der Waals surface area (Å²) >= 11 is 0. The third-order valence-corrected chi connectivity index (χ3v) is 4.65. The molecule has 3 rings (SSSR count). The van der Waals surface area contributed by atoms with E-state index in [1.807, 2.05) is 42.5 Å². The van der Waals surface area contributed by atoms with E-state index >= 15 is 0 Å². The van der Waals surface area contributed by atoms with Gasteiger partial charge in [0.05, 0.1) is 12.7 Å². The fourth-order valence-electron chi connectivity index (χ4n) is 3.15. The number of nitrogens with one attached hydrogen (secondary N) is 1. The van der Waals surface area contributed by atoms with Crippen LogP contribution < -0.4 is 10.1 Å². The molecule has 1 aliphatic rings. The van der Waals surface area contributed by atoms with Crippen LogP contribution in [0.15, 0.2) is 54.6 Å². The fraction of sp³-hybridized carbons (Fsp3) is 0.333. The maximum atomic E-state index is 12.7. The van der Waals surface area contributed by atoms with Crippen molar-refractivity contribution in [2.45, 2.75) is 25.5 Å². The quantitative estimate of drug-likeness (QED) is 0.880. The molecule has 0 aliphatic carbocycles. The highest BCUT2D eigenvalue weighted by Gasteiger charge is 2.26. The van der Waals surface area contributed by atoms with E-state index in [4.69, 9.17) is 9.47 Å². The number of amides is 2. The first-order valence-electron chi connectivity index (χ1n) is 9.07. The van der Waals surface area contributed by atoms with Crippen LogP contribution in [-0.4, -0.2) is 43.1 Å². The molecule has 0 radical (unpaired) electrons. The molecule has 1 heterocycles. The van der Waals surface area contributed by atoms with Gasteiger partial charge in [-0.2, -0.15) is 0 Å². The maximum Gasteiger partial charge on any atom is 0.407 e. The highest BCUT2D eigenvalue weighted by molar-refractivity contribution is 5.97. The Hall–Kier alpha value is -3.02. The van der Waals surface area contributed by atoms with Crippen molar-refractivity contribution < 1.29 is 19.1 Å². The minimum absolute atomic E-state index is 0.00925. The van der Waals surface area contributed by atoms with Gasteiger partial charge in [0.1, 0.15) is 12.4 Å². The molecule has 6 heteroatoms. The van der Waals surface area contributed by atoms with Crippen molar-refractivity contribution in [1.82, 2.24) is 10.2 Å². The first-order valence-corrected chi connectivity index (χ1v) is 9.07. The summed E-state index contributed by atoms with van der Waals surface area (Å²) in [6.45, 7) is 1.42. The number of benzene rings is 2. The van der Waals surface area contributed by atoms with Crippen LogP contribution in [0, 0.1) is 0 Å².